The summed E-state index contributed by atoms with van der Waals surface area (Å²) in [5.41, 5.74) is -1.49. The van der Waals surface area contributed by atoms with Crippen molar-refractivity contribution in [2.24, 2.45) is 0 Å². The van der Waals surface area contributed by atoms with E-state index in [1.54, 1.807) is 0 Å². The van der Waals surface area contributed by atoms with Gasteiger partial charge in [0, 0.05) is 22.5 Å². The van der Waals surface area contributed by atoms with Gasteiger partial charge in [-0.25, -0.2) is 8.78 Å². The second-order valence-corrected chi connectivity index (χ2v) is 7.40. The van der Waals surface area contributed by atoms with Crippen molar-refractivity contribution in [3.8, 4) is 0 Å². The molecule has 9 heteroatoms. The Morgan fingerprint density at radius 2 is 1.79 bits per heavy atom. The molecule has 0 bridgehead atoms. The van der Waals surface area contributed by atoms with Gasteiger partial charge in [0.15, 0.2) is 0 Å². The average molecular weight is 434 g/mol. The van der Waals surface area contributed by atoms with E-state index in [9.17, 15) is 31.9 Å². The van der Waals surface area contributed by atoms with E-state index in [2.05, 4.69) is 5.32 Å². The smallest absolute Gasteiger partial charge is 0.392 e. The molecule has 1 fully saturated rings. The predicted octanol–water partition coefficient (Wildman–Crippen LogP) is 5.06. The zero-order valence-corrected chi connectivity index (χ0v) is 15.7. The zero-order chi connectivity index (χ0) is 21.3. The number of hydrogen-bond acceptors (Lipinski definition) is 2. The Morgan fingerprint density at radius 3 is 2.48 bits per heavy atom. The maximum atomic E-state index is 13.7. The quantitative estimate of drug-likeness (QED) is 0.664. The highest BCUT2D eigenvalue weighted by molar-refractivity contribution is 6.31. The first-order chi connectivity index (χ1) is 13.6. The van der Waals surface area contributed by atoms with Crippen LogP contribution in [0.4, 0.5) is 22.0 Å². The minimum atomic E-state index is -4.81. The molecule has 0 aliphatic heterocycles. The Labute approximate surface area is 168 Å². The molecule has 0 saturated heterocycles. The van der Waals surface area contributed by atoms with E-state index in [1.165, 1.54) is 6.07 Å². The fourth-order valence-corrected chi connectivity index (χ4v) is 3.91. The first-order valence-corrected chi connectivity index (χ1v) is 9.25. The number of nitrogens with one attached hydrogen (secondary N) is 1. The lowest BCUT2D eigenvalue weighted by Gasteiger charge is -2.36. The highest BCUT2D eigenvalue weighted by atomic mass is 35.5. The lowest BCUT2D eigenvalue weighted by molar-refractivity contribution is -0.137. The first-order valence-electron chi connectivity index (χ1n) is 8.88. The Balaban J connectivity index is 1.90. The summed E-state index contributed by atoms with van der Waals surface area (Å²) in [5.74, 6) is -3.45. The molecule has 2 N–H and O–H groups in total. The van der Waals surface area contributed by atoms with E-state index >= 15 is 0 Å². The molecule has 0 radical (unpaired) electrons. The van der Waals surface area contributed by atoms with Gasteiger partial charge in [0.05, 0.1) is 11.7 Å². The molecule has 1 amide bonds. The van der Waals surface area contributed by atoms with E-state index in [-0.39, 0.29) is 5.02 Å². The monoisotopic (exact) mass is 433 g/mol. The summed E-state index contributed by atoms with van der Waals surface area (Å²) in [6.45, 7) is 0. The standard InChI is InChI=1S/C20H17ClF5NO2/c21-15-5-4-12(22)9-14(15)18-16(2-1-3-17(18)28)27-19(29)10-6-11(20(24,25)26)8-13(23)7-10/h4-9,16-18,28H,1-3H2,(H,27,29)/t16-,17+,18+/m1/s1. The van der Waals surface area contributed by atoms with Crippen LogP contribution in [0.15, 0.2) is 36.4 Å². The molecule has 29 heavy (non-hydrogen) atoms. The summed E-state index contributed by atoms with van der Waals surface area (Å²) in [5, 5.41) is 13.2. The van der Waals surface area contributed by atoms with Gasteiger partial charge in [-0.1, -0.05) is 11.6 Å². The van der Waals surface area contributed by atoms with Crippen molar-refractivity contribution in [2.75, 3.05) is 0 Å². The van der Waals surface area contributed by atoms with Gasteiger partial charge in [0.2, 0.25) is 0 Å². The van der Waals surface area contributed by atoms with Gasteiger partial charge in [-0.2, -0.15) is 13.2 Å². The number of rotatable bonds is 3. The molecule has 0 spiro atoms. The van der Waals surface area contributed by atoms with Gasteiger partial charge in [-0.15, -0.1) is 0 Å². The number of amides is 1. The van der Waals surface area contributed by atoms with Gasteiger partial charge in [-0.3, -0.25) is 4.79 Å². The van der Waals surface area contributed by atoms with Crippen LogP contribution in [0.3, 0.4) is 0 Å². The summed E-state index contributed by atoms with van der Waals surface area (Å²) < 4.78 is 66.0. The minimum Gasteiger partial charge on any atom is -0.392 e. The molecule has 0 aromatic heterocycles. The van der Waals surface area contributed by atoms with Crippen molar-refractivity contribution in [1.29, 1.82) is 0 Å². The molecule has 0 unspecified atom stereocenters. The molecule has 2 aromatic rings. The van der Waals surface area contributed by atoms with Crippen molar-refractivity contribution < 1.29 is 31.9 Å². The second kappa shape index (κ2) is 8.28. The molecule has 3 nitrogen and oxygen atoms in total. The van der Waals surface area contributed by atoms with E-state index in [4.69, 9.17) is 11.6 Å². The highest BCUT2D eigenvalue weighted by Crippen LogP contribution is 2.37. The van der Waals surface area contributed by atoms with E-state index in [1.807, 2.05) is 0 Å². The maximum absolute atomic E-state index is 13.7. The molecular weight excluding hydrogens is 417 g/mol. The predicted molar refractivity (Wildman–Crippen MR) is 96.7 cm³/mol. The second-order valence-electron chi connectivity index (χ2n) is 7.00. The normalized spacial score (nSPS) is 22.4. The number of alkyl halides is 3. The van der Waals surface area contributed by atoms with Gasteiger partial charge in [0.25, 0.3) is 5.91 Å². The van der Waals surface area contributed by atoms with E-state index < -0.39 is 52.9 Å². The highest BCUT2D eigenvalue weighted by Gasteiger charge is 2.37. The van der Waals surface area contributed by atoms with Gasteiger partial charge >= 0.3 is 6.18 Å². The Morgan fingerprint density at radius 1 is 1.07 bits per heavy atom. The molecule has 3 atom stereocenters. The number of aliphatic hydroxyl groups excluding tert-OH is 1. The van der Waals surface area contributed by atoms with Crippen molar-refractivity contribution in [1.82, 2.24) is 5.32 Å². The summed E-state index contributed by atoms with van der Waals surface area (Å²) in [6.07, 6.45) is -4.43. The molecule has 1 saturated carbocycles. The third-order valence-electron chi connectivity index (χ3n) is 4.98. The van der Waals surface area contributed by atoms with Crippen LogP contribution in [0.2, 0.25) is 5.02 Å². The SMILES string of the molecule is O=C(N[C@@H]1CCC[C@H](O)[C@H]1c1cc(F)ccc1Cl)c1cc(F)cc(C(F)(F)F)c1. The summed E-state index contributed by atoms with van der Waals surface area (Å²) in [4.78, 5) is 12.5. The molecule has 2 aromatic carbocycles. The van der Waals surface area contributed by atoms with Gasteiger partial charge < -0.3 is 10.4 Å². The molecule has 0 heterocycles. The van der Waals surface area contributed by atoms with Crippen LogP contribution in [-0.4, -0.2) is 23.2 Å². The fraction of sp³-hybridized carbons (Fsp3) is 0.350. The van der Waals surface area contributed by atoms with Crippen LogP contribution in [-0.2, 0) is 6.18 Å². The van der Waals surface area contributed by atoms with Crippen LogP contribution in [0, 0.1) is 11.6 Å². The van der Waals surface area contributed by atoms with Crippen molar-refractivity contribution in [2.45, 2.75) is 43.5 Å². The number of hydrogen-bond donors (Lipinski definition) is 2. The molecule has 156 valence electrons. The average Bonchev–Trinajstić information content (AvgIpc) is 2.63. The summed E-state index contributed by atoms with van der Waals surface area (Å²) >= 11 is 6.14. The number of benzene rings is 2. The topological polar surface area (TPSA) is 49.3 Å². The minimum absolute atomic E-state index is 0.196. The molecule has 1 aliphatic carbocycles. The third kappa shape index (κ3) is 4.87. The van der Waals surface area contributed by atoms with Crippen LogP contribution in [0.1, 0.15) is 46.7 Å². The van der Waals surface area contributed by atoms with E-state index in [0.717, 1.165) is 12.1 Å². The first kappa shape index (κ1) is 21.5. The lowest BCUT2D eigenvalue weighted by Crippen LogP contribution is -2.46. The molecular formula is C20H17ClF5NO2. The maximum Gasteiger partial charge on any atom is 0.416 e. The number of halogens is 6. The van der Waals surface area contributed by atoms with Gasteiger partial charge in [0.1, 0.15) is 11.6 Å². The Hall–Kier alpha value is -2.19. The lowest BCUT2D eigenvalue weighted by atomic mass is 9.77. The number of carbonyl (C=O) groups is 1. The van der Waals surface area contributed by atoms with Crippen LogP contribution in [0.25, 0.3) is 0 Å². The summed E-state index contributed by atoms with van der Waals surface area (Å²) in [7, 11) is 0. The number of aliphatic hydroxyl groups is 1. The molecule has 1 aliphatic rings. The Bertz CT molecular complexity index is 918. The largest absolute Gasteiger partial charge is 0.416 e. The summed E-state index contributed by atoms with van der Waals surface area (Å²) in [6, 6.07) is 4.48. The van der Waals surface area contributed by atoms with Crippen LogP contribution in [0.5, 0.6) is 0 Å². The van der Waals surface area contributed by atoms with Crippen LogP contribution < -0.4 is 5.32 Å². The number of carbonyl (C=O) groups excluding carboxylic acids is 1. The van der Waals surface area contributed by atoms with Crippen molar-refractivity contribution in [3.05, 3.63) is 69.7 Å². The fourth-order valence-electron chi connectivity index (χ4n) is 3.67. The third-order valence-corrected chi connectivity index (χ3v) is 5.33. The molecule has 3 rings (SSSR count). The van der Waals surface area contributed by atoms with Crippen LogP contribution >= 0.6 is 11.6 Å². The van der Waals surface area contributed by atoms with Crippen molar-refractivity contribution in [3.63, 3.8) is 0 Å². The zero-order valence-electron chi connectivity index (χ0n) is 14.9. The van der Waals surface area contributed by atoms with Gasteiger partial charge in [-0.05, 0) is 61.2 Å². The van der Waals surface area contributed by atoms with E-state index in [0.29, 0.717) is 43.0 Å². The Kier molecular flexibility index (Phi) is 6.14. The van der Waals surface area contributed by atoms with Crippen molar-refractivity contribution >= 4 is 17.5 Å².